The summed E-state index contributed by atoms with van der Waals surface area (Å²) in [6.45, 7) is 4.46. The van der Waals surface area contributed by atoms with Gasteiger partial charge in [-0.25, -0.2) is 0 Å². The van der Waals surface area contributed by atoms with Gasteiger partial charge in [-0.2, -0.15) is 0 Å². The molecule has 0 aliphatic rings. The third-order valence-electron chi connectivity index (χ3n) is 1.19. The molecule has 0 fully saturated rings. The van der Waals surface area contributed by atoms with Gasteiger partial charge in [0.1, 0.15) is 0 Å². The van der Waals surface area contributed by atoms with Gasteiger partial charge in [-0.3, -0.25) is 0 Å². The van der Waals surface area contributed by atoms with E-state index in [2.05, 4.69) is 18.7 Å². The molecule has 0 amide bonds. The molecule has 0 rings (SSSR count). The minimum atomic E-state index is 0.824. The van der Waals surface area contributed by atoms with Crippen LogP contribution in [0.15, 0.2) is 24.8 Å². The van der Waals surface area contributed by atoms with Crippen LogP contribution in [-0.2, 0) is 4.74 Å². The van der Waals surface area contributed by atoms with Crippen molar-refractivity contribution in [2.75, 3.05) is 13.7 Å². The average molecular weight is 140 g/mol. The fourth-order valence-electron chi connectivity index (χ4n) is 0.636. The van der Waals surface area contributed by atoms with E-state index in [1.54, 1.807) is 7.11 Å². The molecular weight excluding hydrogens is 124 g/mol. The molecule has 0 atom stereocenters. The highest BCUT2D eigenvalue weighted by molar-refractivity contribution is 4.84. The Labute approximate surface area is 63.4 Å². The van der Waals surface area contributed by atoms with Crippen molar-refractivity contribution in [1.82, 2.24) is 0 Å². The van der Waals surface area contributed by atoms with E-state index >= 15 is 0 Å². The Morgan fingerprint density at radius 1 is 1.20 bits per heavy atom. The van der Waals surface area contributed by atoms with Crippen LogP contribution >= 0.6 is 0 Å². The van der Waals surface area contributed by atoms with Crippen molar-refractivity contribution in [3.63, 3.8) is 0 Å². The Hall–Kier alpha value is -0.560. The molecule has 0 unspecified atom stereocenters. The zero-order valence-electron chi connectivity index (χ0n) is 6.68. The molecule has 0 radical (unpaired) electrons. The second-order valence-corrected chi connectivity index (χ2v) is 2.12. The number of allylic oxidation sites excluding steroid dienone is 2. The van der Waals surface area contributed by atoms with Crippen LogP contribution in [0.5, 0.6) is 0 Å². The van der Waals surface area contributed by atoms with Crippen LogP contribution in [0.2, 0.25) is 0 Å². The monoisotopic (exact) mass is 140 g/mol. The molecule has 1 nitrogen and oxygen atoms in total. The summed E-state index contributed by atoms with van der Waals surface area (Å²) in [5.41, 5.74) is 0. The Morgan fingerprint density at radius 2 is 1.90 bits per heavy atom. The number of hydrogen-bond donors (Lipinski definition) is 0. The van der Waals surface area contributed by atoms with E-state index < -0.39 is 0 Å². The highest BCUT2D eigenvalue weighted by atomic mass is 16.5. The molecule has 0 spiro atoms. The zero-order valence-corrected chi connectivity index (χ0v) is 6.68. The Bertz CT molecular complexity index is 94.9. The quantitative estimate of drug-likeness (QED) is 0.407. The van der Waals surface area contributed by atoms with Crippen molar-refractivity contribution in [3.8, 4) is 0 Å². The smallest absolute Gasteiger partial charge is 0.0496 e. The molecule has 0 aromatic rings. The number of ether oxygens (including phenoxy) is 1. The lowest BCUT2D eigenvalue weighted by atomic mass is 10.2. The fraction of sp³-hybridized carbons (Fsp3) is 0.556. The summed E-state index contributed by atoms with van der Waals surface area (Å²) < 4.78 is 4.88. The highest BCUT2D eigenvalue weighted by Gasteiger charge is 1.77. The molecule has 1 heteroatoms. The number of rotatable bonds is 6. The van der Waals surface area contributed by atoms with Crippen LogP contribution < -0.4 is 0 Å². The van der Waals surface area contributed by atoms with E-state index in [-0.39, 0.29) is 0 Å². The topological polar surface area (TPSA) is 9.23 Å². The molecule has 0 aliphatic heterocycles. The lowest BCUT2D eigenvalue weighted by molar-refractivity contribution is 0.204. The first-order valence-electron chi connectivity index (χ1n) is 3.66. The predicted molar refractivity (Wildman–Crippen MR) is 45.1 cm³/mol. The zero-order chi connectivity index (χ0) is 7.66. The van der Waals surface area contributed by atoms with Gasteiger partial charge in [-0.1, -0.05) is 18.2 Å². The van der Waals surface area contributed by atoms with E-state index in [0.29, 0.717) is 0 Å². The highest BCUT2D eigenvalue weighted by Crippen LogP contribution is 1.92. The summed E-state index contributed by atoms with van der Waals surface area (Å²) in [6, 6.07) is 0. The van der Waals surface area contributed by atoms with Gasteiger partial charge < -0.3 is 4.74 Å². The van der Waals surface area contributed by atoms with Crippen molar-refractivity contribution >= 4 is 0 Å². The molecule has 0 bridgehead atoms. The molecule has 58 valence electrons. The van der Waals surface area contributed by atoms with Crippen LogP contribution in [0.4, 0.5) is 0 Å². The predicted octanol–water partition coefficient (Wildman–Crippen LogP) is 2.55. The number of methoxy groups -OCH3 is 1. The summed E-state index contributed by atoms with van der Waals surface area (Å²) in [6.07, 6.45) is 9.44. The first-order valence-corrected chi connectivity index (χ1v) is 3.66. The van der Waals surface area contributed by atoms with Gasteiger partial charge in [0.2, 0.25) is 0 Å². The second-order valence-electron chi connectivity index (χ2n) is 2.12. The Balaban J connectivity index is 2.96. The third-order valence-corrected chi connectivity index (χ3v) is 1.19. The first-order chi connectivity index (χ1) is 4.91. The van der Waals surface area contributed by atoms with Gasteiger partial charge in [0.05, 0.1) is 0 Å². The lowest BCUT2D eigenvalue weighted by Gasteiger charge is -1.90. The fourth-order valence-corrected chi connectivity index (χ4v) is 0.636. The first kappa shape index (κ1) is 9.44. The normalized spacial score (nSPS) is 10.5. The number of hydrogen-bond acceptors (Lipinski definition) is 1. The maximum atomic E-state index is 4.88. The average Bonchev–Trinajstić information content (AvgIpc) is 1.97. The van der Waals surface area contributed by atoms with Crippen molar-refractivity contribution in [3.05, 3.63) is 24.8 Å². The molecule has 0 saturated heterocycles. The van der Waals surface area contributed by atoms with E-state index in [4.69, 9.17) is 4.74 Å². The Morgan fingerprint density at radius 3 is 2.50 bits per heavy atom. The van der Waals surface area contributed by atoms with Crippen molar-refractivity contribution in [2.45, 2.75) is 19.3 Å². The molecule has 0 heterocycles. The molecule has 0 aliphatic carbocycles. The summed E-state index contributed by atoms with van der Waals surface area (Å²) in [4.78, 5) is 0. The lowest BCUT2D eigenvalue weighted by Crippen LogP contribution is -1.83. The summed E-state index contributed by atoms with van der Waals surface area (Å²) in [5.74, 6) is 0. The van der Waals surface area contributed by atoms with Gasteiger partial charge in [-0.05, 0) is 19.3 Å². The van der Waals surface area contributed by atoms with Crippen LogP contribution in [0.1, 0.15) is 19.3 Å². The van der Waals surface area contributed by atoms with Crippen molar-refractivity contribution < 1.29 is 4.74 Å². The largest absolute Gasteiger partial charge is 0.384 e. The van der Waals surface area contributed by atoms with Crippen molar-refractivity contribution in [2.24, 2.45) is 0 Å². The van der Waals surface area contributed by atoms with Gasteiger partial charge in [0.15, 0.2) is 0 Å². The Kier molecular flexibility index (Phi) is 7.97. The summed E-state index contributed by atoms with van der Waals surface area (Å²) in [5, 5.41) is 0. The molecule has 0 N–H and O–H groups in total. The SMILES string of the molecule is C=CCCC=CCCOC. The molecule has 10 heavy (non-hydrogen) atoms. The van der Waals surface area contributed by atoms with Crippen LogP contribution in [0.3, 0.4) is 0 Å². The van der Waals surface area contributed by atoms with E-state index in [1.807, 2.05) is 6.08 Å². The summed E-state index contributed by atoms with van der Waals surface area (Å²) >= 11 is 0. The molecule has 0 aromatic heterocycles. The van der Waals surface area contributed by atoms with E-state index in [9.17, 15) is 0 Å². The van der Waals surface area contributed by atoms with E-state index in [0.717, 1.165) is 25.9 Å². The number of unbranched alkanes of at least 4 members (excludes halogenated alkanes) is 1. The van der Waals surface area contributed by atoms with Crippen LogP contribution in [0, 0.1) is 0 Å². The second kappa shape index (κ2) is 8.44. The van der Waals surface area contributed by atoms with Crippen molar-refractivity contribution in [1.29, 1.82) is 0 Å². The third kappa shape index (κ3) is 7.44. The minimum Gasteiger partial charge on any atom is -0.384 e. The van der Waals surface area contributed by atoms with Gasteiger partial charge >= 0.3 is 0 Å². The van der Waals surface area contributed by atoms with Gasteiger partial charge in [0, 0.05) is 13.7 Å². The standard InChI is InChI=1S/C9H16O/c1-3-4-5-6-7-8-9-10-2/h3,6-7H,1,4-5,8-9H2,2H3. The van der Waals surface area contributed by atoms with Gasteiger partial charge in [-0.15, -0.1) is 6.58 Å². The minimum absolute atomic E-state index is 0.824. The van der Waals surface area contributed by atoms with Crippen LogP contribution in [-0.4, -0.2) is 13.7 Å². The maximum absolute atomic E-state index is 4.88. The van der Waals surface area contributed by atoms with Crippen LogP contribution in [0.25, 0.3) is 0 Å². The van der Waals surface area contributed by atoms with Gasteiger partial charge in [0.25, 0.3) is 0 Å². The maximum Gasteiger partial charge on any atom is 0.0496 e. The van der Waals surface area contributed by atoms with E-state index in [1.165, 1.54) is 0 Å². The summed E-state index contributed by atoms with van der Waals surface area (Å²) in [7, 11) is 1.72. The molecular formula is C9H16O. The molecule has 0 aromatic carbocycles. The molecule has 0 saturated carbocycles.